The Hall–Kier alpha value is -1.63. The molecule has 3 rings (SSSR count). The van der Waals surface area contributed by atoms with E-state index in [2.05, 4.69) is 15.5 Å². The third-order valence-corrected chi connectivity index (χ3v) is 5.43. The van der Waals surface area contributed by atoms with Crippen LogP contribution in [0.1, 0.15) is 17.2 Å². The number of amides is 2. The van der Waals surface area contributed by atoms with Gasteiger partial charge in [0, 0.05) is 48.3 Å². The highest BCUT2D eigenvalue weighted by Gasteiger charge is 2.23. The lowest BCUT2D eigenvalue weighted by molar-refractivity contribution is 0.205. The predicted molar refractivity (Wildman–Crippen MR) is 102 cm³/mol. The van der Waals surface area contributed by atoms with Crippen LogP contribution in [0.5, 0.6) is 0 Å². The molecule has 1 fully saturated rings. The number of rotatable bonds is 6. The second kappa shape index (κ2) is 9.17. The first kappa shape index (κ1) is 18.2. The molecule has 25 heavy (non-hydrogen) atoms. The fourth-order valence-corrected chi connectivity index (χ4v) is 3.91. The smallest absolute Gasteiger partial charge is 0.315 e. The van der Waals surface area contributed by atoms with Crippen molar-refractivity contribution in [2.24, 2.45) is 0 Å². The first-order valence-corrected chi connectivity index (χ1v) is 9.85. The van der Waals surface area contributed by atoms with Crippen molar-refractivity contribution in [3.63, 3.8) is 0 Å². The van der Waals surface area contributed by atoms with E-state index in [1.165, 1.54) is 0 Å². The van der Waals surface area contributed by atoms with Gasteiger partial charge in [-0.05, 0) is 23.8 Å². The van der Waals surface area contributed by atoms with Crippen LogP contribution in [0.2, 0.25) is 5.02 Å². The average Bonchev–Trinajstić information content (AvgIpc) is 3.17. The summed E-state index contributed by atoms with van der Waals surface area (Å²) in [6.45, 7) is 3.07. The zero-order valence-electron chi connectivity index (χ0n) is 13.9. The third-order valence-electron chi connectivity index (χ3n) is 4.24. The normalized spacial score (nSPS) is 16.4. The summed E-state index contributed by atoms with van der Waals surface area (Å²) in [4.78, 5) is 14.5. The van der Waals surface area contributed by atoms with Gasteiger partial charge in [-0.3, -0.25) is 4.90 Å². The van der Waals surface area contributed by atoms with Crippen molar-refractivity contribution in [2.45, 2.75) is 12.6 Å². The molecule has 1 aromatic carbocycles. The van der Waals surface area contributed by atoms with Crippen LogP contribution in [-0.2, 0) is 6.54 Å². The van der Waals surface area contributed by atoms with Crippen LogP contribution in [-0.4, -0.2) is 42.1 Å². The lowest BCUT2D eigenvalue weighted by Gasteiger charge is -2.33. The maximum Gasteiger partial charge on any atom is 0.315 e. The fourth-order valence-electron chi connectivity index (χ4n) is 2.85. The molecule has 1 aromatic heterocycles. The second-order valence-corrected chi connectivity index (χ2v) is 7.57. The van der Waals surface area contributed by atoms with Gasteiger partial charge in [0.05, 0.1) is 18.6 Å². The Labute approximate surface area is 157 Å². The summed E-state index contributed by atoms with van der Waals surface area (Å²) in [7, 11) is 0. The number of nitrogens with zero attached hydrogens (tertiary/aromatic N) is 1. The van der Waals surface area contributed by atoms with Gasteiger partial charge in [0.1, 0.15) is 0 Å². The zero-order valence-corrected chi connectivity index (χ0v) is 15.5. The number of halogens is 1. The van der Waals surface area contributed by atoms with Gasteiger partial charge in [-0.25, -0.2) is 4.79 Å². The molecule has 1 atom stereocenters. The SMILES string of the molecule is O=C(NCc1ccc(Cl)cc1)NCC(c1ccoc1)N1CCSCC1. The van der Waals surface area contributed by atoms with E-state index in [-0.39, 0.29) is 12.1 Å². The van der Waals surface area contributed by atoms with E-state index < -0.39 is 0 Å². The highest BCUT2D eigenvalue weighted by atomic mass is 35.5. The Balaban J connectivity index is 1.51. The summed E-state index contributed by atoms with van der Waals surface area (Å²) in [6, 6.07) is 9.39. The lowest BCUT2D eigenvalue weighted by Crippen LogP contribution is -2.44. The molecule has 5 nitrogen and oxygen atoms in total. The molecule has 2 aromatic rings. The molecule has 1 aliphatic heterocycles. The average molecular weight is 380 g/mol. The quantitative estimate of drug-likeness (QED) is 0.806. The Morgan fingerprint density at radius 2 is 1.96 bits per heavy atom. The van der Waals surface area contributed by atoms with E-state index in [0.29, 0.717) is 18.1 Å². The largest absolute Gasteiger partial charge is 0.472 e. The Morgan fingerprint density at radius 1 is 1.20 bits per heavy atom. The molecule has 0 saturated carbocycles. The van der Waals surface area contributed by atoms with Gasteiger partial charge in [-0.15, -0.1) is 0 Å². The molecule has 134 valence electrons. The van der Waals surface area contributed by atoms with Crippen LogP contribution in [0.4, 0.5) is 4.79 Å². The lowest BCUT2D eigenvalue weighted by atomic mass is 10.1. The van der Waals surface area contributed by atoms with Gasteiger partial charge >= 0.3 is 6.03 Å². The molecule has 2 N–H and O–H groups in total. The molecule has 0 aliphatic carbocycles. The van der Waals surface area contributed by atoms with Crippen LogP contribution in [0.3, 0.4) is 0 Å². The Morgan fingerprint density at radius 3 is 2.64 bits per heavy atom. The van der Waals surface area contributed by atoms with Crippen molar-refractivity contribution in [1.82, 2.24) is 15.5 Å². The van der Waals surface area contributed by atoms with Gasteiger partial charge in [-0.2, -0.15) is 11.8 Å². The molecule has 0 bridgehead atoms. The van der Waals surface area contributed by atoms with Gasteiger partial charge in [0.2, 0.25) is 0 Å². The zero-order chi connectivity index (χ0) is 17.5. The summed E-state index contributed by atoms with van der Waals surface area (Å²) in [5.41, 5.74) is 2.11. The van der Waals surface area contributed by atoms with Crippen LogP contribution < -0.4 is 10.6 Å². The number of hydrogen-bond acceptors (Lipinski definition) is 4. The molecular weight excluding hydrogens is 358 g/mol. The van der Waals surface area contributed by atoms with E-state index in [1.54, 1.807) is 12.5 Å². The Bertz CT molecular complexity index is 657. The van der Waals surface area contributed by atoms with Crippen LogP contribution >= 0.6 is 23.4 Å². The first-order valence-electron chi connectivity index (χ1n) is 8.32. The number of nitrogens with one attached hydrogen (secondary N) is 2. The molecule has 7 heteroatoms. The first-order chi connectivity index (χ1) is 12.2. The van der Waals surface area contributed by atoms with Gasteiger partial charge in [-0.1, -0.05) is 23.7 Å². The maximum absolute atomic E-state index is 12.1. The monoisotopic (exact) mass is 379 g/mol. The summed E-state index contributed by atoms with van der Waals surface area (Å²) in [6.07, 6.45) is 3.45. The van der Waals surface area contributed by atoms with Crippen molar-refractivity contribution in [2.75, 3.05) is 31.1 Å². The highest BCUT2D eigenvalue weighted by molar-refractivity contribution is 7.99. The minimum atomic E-state index is -0.171. The topological polar surface area (TPSA) is 57.5 Å². The number of hydrogen-bond donors (Lipinski definition) is 2. The van der Waals surface area contributed by atoms with E-state index >= 15 is 0 Å². The summed E-state index contributed by atoms with van der Waals surface area (Å²) in [5, 5.41) is 6.56. The molecule has 0 spiro atoms. The van der Waals surface area contributed by atoms with E-state index in [9.17, 15) is 4.79 Å². The van der Waals surface area contributed by atoms with Crippen LogP contribution in [0.15, 0.2) is 47.3 Å². The number of thioether (sulfide) groups is 1. The van der Waals surface area contributed by atoms with Crippen LogP contribution in [0.25, 0.3) is 0 Å². The predicted octanol–water partition coefficient (Wildman–Crippen LogP) is 3.52. The molecule has 1 aliphatic rings. The molecular formula is C18H22ClN3O2S. The molecule has 1 unspecified atom stereocenters. The van der Waals surface area contributed by atoms with Crippen molar-refractivity contribution in [3.8, 4) is 0 Å². The van der Waals surface area contributed by atoms with Crippen molar-refractivity contribution >= 4 is 29.4 Å². The number of furan rings is 1. The van der Waals surface area contributed by atoms with Crippen molar-refractivity contribution in [1.29, 1.82) is 0 Å². The van der Waals surface area contributed by atoms with Gasteiger partial charge in [0.25, 0.3) is 0 Å². The summed E-state index contributed by atoms with van der Waals surface area (Å²) < 4.78 is 5.24. The van der Waals surface area contributed by atoms with Gasteiger partial charge in [0.15, 0.2) is 0 Å². The van der Waals surface area contributed by atoms with E-state index in [4.69, 9.17) is 16.0 Å². The van der Waals surface area contributed by atoms with Crippen molar-refractivity contribution < 1.29 is 9.21 Å². The standard InChI is InChI=1S/C18H22ClN3O2S/c19-16-3-1-14(2-4-16)11-20-18(23)21-12-17(15-5-8-24-13-15)22-6-9-25-10-7-22/h1-5,8,13,17H,6-7,9-12H2,(H2,20,21,23). The fraction of sp³-hybridized carbons (Fsp3) is 0.389. The number of urea groups is 1. The Kier molecular flexibility index (Phi) is 6.67. The molecule has 1 saturated heterocycles. The number of benzene rings is 1. The van der Waals surface area contributed by atoms with Gasteiger partial charge < -0.3 is 15.1 Å². The molecule has 2 amide bonds. The third kappa shape index (κ3) is 5.42. The van der Waals surface area contributed by atoms with Crippen LogP contribution in [0, 0.1) is 0 Å². The van der Waals surface area contributed by atoms with E-state index in [0.717, 1.165) is 35.7 Å². The molecule has 2 heterocycles. The highest BCUT2D eigenvalue weighted by Crippen LogP contribution is 2.24. The summed E-state index contributed by atoms with van der Waals surface area (Å²) >= 11 is 7.84. The summed E-state index contributed by atoms with van der Waals surface area (Å²) in [5.74, 6) is 2.24. The number of carbonyl (C=O) groups is 1. The molecule has 0 radical (unpaired) electrons. The number of carbonyl (C=O) groups excluding carboxylic acids is 1. The second-order valence-electron chi connectivity index (χ2n) is 5.91. The minimum absolute atomic E-state index is 0.140. The minimum Gasteiger partial charge on any atom is -0.472 e. The maximum atomic E-state index is 12.1. The van der Waals surface area contributed by atoms with E-state index in [1.807, 2.05) is 42.1 Å². The van der Waals surface area contributed by atoms with Crippen molar-refractivity contribution in [3.05, 3.63) is 59.0 Å².